The highest BCUT2D eigenvalue weighted by Gasteiger charge is 2.24. The quantitative estimate of drug-likeness (QED) is 0.723. The Kier molecular flexibility index (Phi) is 4.77. The van der Waals surface area contributed by atoms with Gasteiger partial charge in [-0.25, -0.2) is 4.39 Å². The minimum atomic E-state index is -0.232. The summed E-state index contributed by atoms with van der Waals surface area (Å²) in [6.07, 6.45) is -0.124. The van der Waals surface area contributed by atoms with Crippen LogP contribution in [0.1, 0.15) is 17.5 Å². The Hall–Kier alpha value is -2.57. The number of rotatable bonds is 4. The van der Waals surface area contributed by atoms with Gasteiger partial charge in [0.25, 0.3) is 0 Å². The first-order chi connectivity index (χ1) is 12.7. The molecule has 0 amide bonds. The fraction of sp³-hybridized carbons (Fsp3) is 0.300. The van der Waals surface area contributed by atoms with Crippen LogP contribution in [0.15, 0.2) is 54.6 Å². The molecular formula is C20H21FN4O. The molecule has 0 saturated carbocycles. The third-order valence-electron chi connectivity index (χ3n) is 4.73. The summed E-state index contributed by atoms with van der Waals surface area (Å²) < 4.78 is 21.4. The van der Waals surface area contributed by atoms with Crippen LogP contribution in [-0.2, 0) is 18.3 Å². The molecule has 3 aromatic rings. The van der Waals surface area contributed by atoms with Crippen LogP contribution in [0.3, 0.4) is 0 Å². The topological polar surface area (TPSA) is 43.2 Å². The van der Waals surface area contributed by atoms with Crippen LogP contribution in [0.4, 0.5) is 4.39 Å². The zero-order valence-electron chi connectivity index (χ0n) is 14.7. The number of hydrogen-bond acceptors (Lipinski definition) is 4. The second kappa shape index (κ2) is 7.35. The normalized spacial score (nSPS) is 18.2. The van der Waals surface area contributed by atoms with Gasteiger partial charge in [-0.15, -0.1) is 10.2 Å². The Morgan fingerprint density at radius 3 is 2.77 bits per heavy atom. The minimum absolute atomic E-state index is 0.124. The summed E-state index contributed by atoms with van der Waals surface area (Å²) in [5.74, 6) is 1.53. The zero-order chi connectivity index (χ0) is 17.9. The molecule has 0 N–H and O–H groups in total. The molecule has 0 aliphatic carbocycles. The lowest BCUT2D eigenvalue weighted by molar-refractivity contribution is -0.0340. The van der Waals surface area contributed by atoms with Crippen molar-refractivity contribution in [2.24, 2.45) is 7.05 Å². The summed E-state index contributed by atoms with van der Waals surface area (Å²) in [6.45, 7) is 2.83. The van der Waals surface area contributed by atoms with E-state index in [0.717, 1.165) is 29.3 Å². The number of aromatic nitrogens is 3. The number of benzene rings is 2. The summed E-state index contributed by atoms with van der Waals surface area (Å²) in [7, 11) is 1.99. The molecule has 6 heteroatoms. The number of morpholine rings is 1. The van der Waals surface area contributed by atoms with Gasteiger partial charge >= 0.3 is 0 Å². The number of halogens is 1. The van der Waals surface area contributed by atoms with E-state index in [1.54, 1.807) is 12.1 Å². The highest BCUT2D eigenvalue weighted by molar-refractivity contribution is 5.54. The van der Waals surface area contributed by atoms with Crippen molar-refractivity contribution in [3.05, 3.63) is 71.8 Å². The van der Waals surface area contributed by atoms with E-state index in [1.807, 2.05) is 48.0 Å². The highest BCUT2D eigenvalue weighted by atomic mass is 19.1. The maximum Gasteiger partial charge on any atom is 0.163 e. The molecule has 2 heterocycles. The first-order valence-corrected chi connectivity index (χ1v) is 8.74. The Balaban J connectivity index is 1.48. The average molecular weight is 352 g/mol. The van der Waals surface area contributed by atoms with Crippen molar-refractivity contribution in [2.75, 3.05) is 19.7 Å². The van der Waals surface area contributed by atoms with E-state index in [4.69, 9.17) is 4.74 Å². The molecule has 0 spiro atoms. The fourth-order valence-corrected chi connectivity index (χ4v) is 3.29. The van der Waals surface area contributed by atoms with Gasteiger partial charge in [0.2, 0.25) is 0 Å². The van der Waals surface area contributed by atoms with E-state index in [2.05, 4.69) is 15.1 Å². The number of ether oxygens (including phenoxy) is 1. The minimum Gasteiger partial charge on any atom is -0.371 e. The molecule has 1 aromatic heterocycles. The molecule has 0 bridgehead atoms. The Morgan fingerprint density at radius 2 is 1.96 bits per heavy atom. The first-order valence-electron chi connectivity index (χ1n) is 8.74. The maximum absolute atomic E-state index is 13.5. The van der Waals surface area contributed by atoms with Gasteiger partial charge in [0.05, 0.1) is 19.3 Å². The smallest absolute Gasteiger partial charge is 0.163 e. The van der Waals surface area contributed by atoms with E-state index >= 15 is 0 Å². The summed E-state index contributed by atoms with van der Waals surface area (Å²) in [6, 6.07) is 16.7. The lowest BCUT2D eigenvalue weighted by Gasteiger charge is -2.32. The molecule has 0 unspecified atom stereocenters. The van der Waals surface area contributed by atoms with E-state index < -0.39 is 0 Å². The molecular weight excluding hydrogens is 331 g/mol. The van der Waals surface area contributed by atoms with Gasteiger partial charge in [0, 0.05) is 25.7 Å². The predicted molar refractivity (Wildman–Crippen MR) is 96.8 cm³/mol. The van der Waals surface area contributed by atoms with Crippen LogP contribution >= 0.6 is 0 Å². The largest absolute Gasteiger partial charge is 0.371 e. The number of nitrogens with zero attached hydrogens (tertiary/aromatic N) is 4. The Morgan fingerprint density at radius 1 is 1.12 bits per heavy atom. The SMILES string of the molecule is Cn1c(CN2CCO[C@H](c3cccc(F)c3)C2)nnc1-c1ccccc1. The predicted octanol–water partition coefficient (Wildman–Crippen LogP) is 3.19. The molecule has 4 rings (SSSR count). The van der Waals surface area contributed by atoms with Crippen molar-refractivity contribution in [1.82, 2.24) is 19.7 Å². The molecule has 1 saturated heterocycles. The van der Waals surface area contributed by atoms with Gasteiger partial charge < -0.3 is 9.30 Å². The first kappa shape index (κ1) is 16.9. The summed E-state index contributed by atoms with van der Waals surface area (Å²) in [4.78, 5) is 2.28. The highest BCUT2D eigenvalue weighted by Crippen LogP contribution is 2.24. The molecule has 134 valence electrons. The summed E-state index contributed by atoms with van der Waals surface area (Å²) in [5, 5.41) is 8.71. The van der Waals surface area contributed by atoms with E-state index in [9.17, 15) is 4.39 Å². The monoisotopic (exact) mass is 352 g/mol. The van der Waals surface area contributed by atoms with Crippen molar-refractivity contribution >= 4 is 0 Å². The lowest BCUT2D eigenvalue weighted by atomic mass is 10.1. The molecule has 2 aromatic carbocycles. The Bertz CT molecular complexity index is 881. The maximum atomic E-state index is 13.5. The van der Waals surface area contributed by atoms with Gasteiger partial charge in [0.1, 0.15) is 11.6 Å². The molecule has 1 aliphatic rings. The van der Waals surface area contributed by atoms with Crippen LogP contribution in [0.25, 0.3) is 11.4 Å². The molecule has 1 aliphatic heterocycles. The molecule has 5 nitrogen and oxygen atoms in total. The van der Waals surface area contributed by atoms with Crippen molar-refractivity contribution in [3.8, 4) is 11.4 Å². The molecule has 1 fully saturated rings. The van der Waals surface area contributed by atoms with Gasteiger partial charge in [-0.1, -0.05) is 42.5 Å². The second-order valence-electron chi connectivity index (χ2n) is 6.51. The van der Waals surface area contributed by atoms with Crippen LogP contribution in [0.2, 0.25) is 0 Å². The van der Waals surface area contributed by atoms with Crippen LogP contribution in [0, 0.1) is 5.82 Å². The van der Waals surface area contributed by atoms with E-state index in [-0.39, 0.29) is 11.9 Å². The van der Waals surface area contributed by atoms with Crippen LogP contribution < -0.4 is 0 Å². The van der Waals surface area contributed by atoms with E-state index in [0.29, 0.717) is 19.7 Å². The van der Waals surface area contributed by atoms with E-state index in [1.165, 1.54) is 6.07 Å². The molecule has 26 heavy (non-hydrogen) atoms. The van der Waals surface area contributed by atoms with Gasteiger partial charge in [-0.3, -0.25) is 4.90 Å². The van der Waals surface area contributed by atoms with Crippen molar-refractivity contribution < 1.29 is 9.13 Å². The zero-order valence-corrected chi connectivity index (χ0v) is 14.7. The third-order valence-corrected chi connectivity index (χ3v) is 4.73. The second-order valence-corrected chi connectivity index (χ2v) is 6.51. The van der Waals surface area contributed by atoms with Crippen LogP contribution in [-0.4, -0.2) is 39.4 Å². The van der Waals surface area contributed by atoms with Crippen molar-refractivity contribution in [1.29, 1.82) is 0 Å². The summed E-state index contributed by atoms with van der Waals surface area (Å²) in [5.41, 5.74) is 1.92. The lowest BCUT2D eigenvalue weighted by Crippen LogP contribution is -2.38. The van der Waals surface area contributed by atoms with Gasteiger partial charge in [0.15, 0.2) is 5.82 Å². The molecule has 0 radical (unpaired) electrons. The third kappa shape index (κ3) is 3.52. The fourth-order valence-electron chi connectivity index (χ4n) is 3.29. The summed E-state index contributed by atoms with van der Waals surface area (Å²) >= 11 is 0. The van der Waals surface area contributed by atoms with Gasteiger partial charge in [-0.05, 0) is 17.7 Å². The average Bonchev–Trinajstić information content (AvgIpc) is 3.03. The van der Waals surface area contributed by atoms with Crippen molar-refractivity contribution in [3.63, 3.8) is 0 Å². The van der Waals surface area contributed by atoms with Gasteiger partial charge in [-0.2, -0.15) is 0 Å². The number of hydrogen-bond donors (Lipinski definition) is 0. The van der Waals surface area contributed by atoms with Crippen molar-refractivity contribution in [2.45, 2.75) is 12.6 Å². The van der Waals surface area contributed by atoms with Crippen LogP contribution in [0.5, 0.6) is 0 Å². The standard InChI is InChI=1S/C20H21FN4O/c1-24-19(22-23-20(24)15-6-3-2-4-7-15)14-25-10-11-26-18(13-25)16-8-5-9-17(21)12-16/h2-9,12,18H,10-11,13-14H2,1H3/t18-/m0/s1. The molecule has 1 atom stereocenters. The Labute approximate surface area is 152 Å².